The van der Waals surface area contributed by atoms with Crippen LogP contribution in [0.2, 0.25) is 0 Å². The number of anilines is 1. The van der Waals surface area contributed by atoms with Crippen LogP contribution in [0, 0.1) is 0 Å². The van der Waals surface area contributed by atoms with E-state index in [1.165, 1.54) is 0 Å². The van der Waals surface area contributed by atoms with E-state index in [2.05, 4.69) is 49.6 Å². The van der Waals surface area contributed by atoms with E-state index in [0.29, 0.717) is 12.1 Å². The van der Waals surface area contributed by atoms with Gasteiger partial charge in [0.15, 0.2) is 5.82 Å². The predicted molar refractivity (Wildman–Crippen MR) is 83.1 cm³/mol. The van der Waals surface area contributed by atoms with Crippen molar-refractivity contribution in [3.63, 3.8) is 0 Å². The molecule has 2 aromatic heterocycles. The minimum absolute atomic E-state index is 0.359. The Balaban J connectivity index is 2.00. The number of halogens is 1. The van der Waals surface area contributed by atoms with Gasteiger partial charge in [-0.15, -0.1) is 0 Å². The highest BCUT2D eigenvalue weighted by atomic mass is 79.9. The van der Waals surface area contributed by atoms with Gasteiger partial charge in [0.1, 0.15) is 10.1 Å². The molecular formula is C14H19BrN4O. The lowest BCUT2D eigenvalue weighted by Crippen LogP contribution is -2.28. The SMILES string of the molecule is CC(C)n1cnc2cc(Br)nc(NC3CCOCC3)c21. The van der Waals surface area contributed by atoms with Crippen LogP contribution in [-0.2, 0) is 4.74 Å². The molecule has 2 aromatic rings. The van der Waals surface area contributed by atoms with E-state index in [0.717, 1.165) is 47.5 Å². The molecule has 1 aliphatic rings. The average Bonchev–Trinajstić information content (AvgIpc) is 2.83. The van der Waals surface area contributed by atoms with Crippen molar-refractivity contribution >= 4 is 32.8 Å². The fraction of sp³-hybridized carbons (Fsp3) is 0.571. The molecule has 1 fully saturated rings. The Kier molecular flexibility index (Phi) is 3.94. The third kappa shape index (κ3) is 2.67. The van der Waals surface area contributed by atoms with Gasteiger partial charge in [-0.25, -0.2) is 9.97 Å². The van der Waals surface area contributed by atoms with Crippen LogP contribution < -0.4 is 5.32 Å². The number of imidazole rings is 1. The molecule has 20 heavy (non-hydrogen) atoms. The van der Waals surface area contributed by atoms with Gasteiger partial charge in [0.05, 0.1) is 11.8 Å². The number of nitrogens with zero attached hydrogens (tertiary/aromatic N) is 3. The molecular weight excluding hydrogens is 320 g/mol. The van der Waals surface area contributed by atoms with E-state index in [9.17, 15) is 0 Å². The molecule has 1 saturated heterocycles. The van der Waals surface area contributed by atoms with Gasteiger partial charge in [0.2, 0.25) is 0 Å². The summed E-state index contributed by atoms with van der Waals surface area (Å²) in [4.78, 5) is 9.10. The first-order valence-electron chi connectivity index (χ1n) is 7.02. The first kappa shape index (κ1) is 13.8. The van der Waals surface area contributed by atoms with Gasteiger partial charge in [-0.05, 0) is 48.7 Å². The summed E-state index contributed by atoms with van der Waals surface area (Å²) in [5.74, 6) is 0.910. The molecule has 108 valence electrons. The topological polar surface area (TPSA) is 52.0 Å². The fourth-order valence-electron chi connectivity index (χ4n) is 2.56. The minimum Gasteiger partial charge on any atom is -0.381 e. The Bertz CT molecular complexity index is 604. The Hall–Kier alpha value is -1.14. The second kappa shape index (κ2) is 5.69. The highest BCUT2D eigenvalue weighted by Crippen LogP contribution is 2.28. The minimum atomic E-state index is 0.359. The van der Waals surface area contributed by atoms with Crippen molar-refractivity contribution in [2.75, 3.05) is 18.5 Å². The zero-order valence-electron chi connectivity index (χ0n) is 11.8. The van der Waals surface area contributed by atoms with E-state index in [1.807, 2.05) is 12.4 Å². The summed E-state index contributed by atoms with van der Waals surface area (Å²) in [5, 5.41) is 3.56. The van der Waals surface area contributed by atoms with Crippen molar-refractivity contribution in [3.8, 4) is 0 Å². The number of aromatic nitrogens is 3. The van der Waals surface area contributed by atoms with Crippen molar-refractivity contribution in [1.82, 2.24) is 14.5 Å². The number of pyridine rings is 1. The lowest BCUT2D eigenvalue weighted by Gasteiger charge is -2.24. The Morgan fingerprint density at radius 1 is 1.40 bits per heavy atom. The lowest BCUT2D eigenvalue weighted by atomic mass is 10.1. The Labute approximate surface area is 126 Å². The van der Waals surface area contributed by atoms with Crippen molar-refractivity contribution < 1.29 is 4.74 Å². The van der Waals surface area contributed by atoms with Crippen LogP contribution in [-0.4, -0.2) is 33.8 Å². The molecule has 3 heterocycles. The van der Waals surface area contributed by atoms with Crippen LogP contribution in [0.15, 0.2) is 17.0 Å². The van der Waals surface area contributed by atoms with Gasteiger partial charge in [0.25, 0.3) is 0 Å². The van der Waals surface area contributed by atoms with Gasteiger partial charge >= 0.3 is 0 Å². The molecule has 0 aliphatic carbocycles. The summed E-state index contributed by atoms with van der Waals surface area (Å²) in [6.45, 7) is 5.94. The highest BCUT2D eigenvalue weighted by molar-refractivity contribution is 9.10. The molecule has 0 unspecified atom stereocenters. The van der Waals surface area contributed by atoms with Gasteiger partial charge in [-0.2, -0.15) is 0 Å². The summed E-state index contributed by atoms with van der Waals surface area (Å²) in [6.07, 6.45) is 3.93. The molecule has 0 spiro atoms. The zero-order chi connectivity index (χ0) is 14.1. The third-order valence-electron chi connectivity index (χ3n) is 3.64. The first-order chi connectivity index (χ1) is 9.65. The van der Waals surface area contributed by atoms with Crippen molar-refractivity contribution in [2.24, 2.45) is 0 Å². The van der Waals surface area contributed by atoms with Gasteiger partial charge in [0, 0.05) is 25.3 Å². The van der Waals surface area contributed by atoms with E-state index >= 15 is 0 Å². The van der Waals surface area contributed by atoms with Crippen LogP contribution >= 0.6 is 15.9 Å². The van der Waals surface area contributed by atoms with Crippen LogP contribution in [0.3, 0.4) is 0 Å². The molecule has 0 atom stereocenters. The molecule has 3 rings (SSSR count). The number of fused-ring (bicyclic) bond motifs is 1. The number of nitrogens with one attached hydrogen (secondary N) is 1. The van der Waals surface area contributed by atoms with Crippen LogP contribution in [0.25, 0.3) is 11.0 Å². The van der Waals surface area contributed by atoms with Gasteiger partial charge in [-0.1, -0.05) is 0 Å². The second-order valence-electron chi connectivity index (χ2n) is 5.44. The normalized spacial score (nSPS) is 17.0. The zero-order valence-corrected chi connectivity index (χ0v) is 13.4. The lowest BCUT2D eigenvalue weighted by molar-refractivity contribution is 0.0904. The van der Waals surface area contributed by atoms with Crippen molar-refractivity contribution in [3.05, 3.63) is 17.0 Å². The smallest absolute Gasteiger partial charge is 0.153 e. The maximum absolute atomic E-state index is 5.41. The summed E-state index contributed by atoms with van der Waals surface area (Å²) in [7, 11) is 0. The van der Waals surface area contributed by atoms with Gasteiger partial charge < -0.3 is 14.6 Å². The summed E-state index contributed by atoms with van der Waals surface area (Å²) in [5.41, 5.74) is 2.05. The highest BCUT2D eigenvalue weighted by Gasteiger charge is 2.18. The molecule has 0 radical (unpaired) electrons. The van der Waals surface area contributed by atoms with E-state index in [4.69, 9.17) is 4.74 Å². The number of hydrogen-bond acceptors (Lipinski definition) is 4. The maximum atomic E-state index is 5.41. The number of rotatable bonds is 3. The molecule has 5 nitrogen and oxygen atoms in total. The van der Waals surface area contributed by atoms with E-state index in [-0.39, 0.29) is 0 Å². The summed E-state index contributed by atoms with van der Waals surface area (Å²) < 4.78 is 8.38. The van der Waals surface area contributed by atoms with Crippen LogP contribution in [0.4, 0.5) is 5.82 Å². The predicted octanol–water partition coefficient (Wildman–Crippen LogP) is 3.37. The van der Waals surface area contributed by atoms with E-state index in [1.54, 1.807) is 0 Å². The molecule has 1 aliphatic heterocycles. The Morgan fingerprint density at radius 3 is 2.85 bits per heavy atom. The second-order valence-corrected chi connectivity index (χ2v) is 6.25. The fourth-order valence-corrected chi connectivity index (χ4v) is 2.95. The average molecular weight is 339 g/mol. The van der Waals surface area contributed by atoms with Crippen molar-refractivity contribution in [1.29, 1.82) is 0 Å². The van der Waals surface area contributed by atoms with Gasteiger partial charge in [-0.3, -0.25) is 0 Å². The first-order valence-corrected chi connectivity index (χ1v) is 7.82. The Morgan fingerprint density at radius 2 is 2.15 bits per heavy atom. The molecule has 0 bridgehead atoms. The summed E-state index contributed by atoms with van der Waals surface area (Å²) in [6, 6.07) is 2.74. The molecule has 0 aromatic carbocycles. The number of ether oxygens (including phenoxy) is 1. The van der Waals surface area contributed by atoms with Crippen molar-refractivity contribution in [2.45, 2.75) is 38.8 Å². The van der Waals surface area contributed by atoms with Crippen LogP contribution in [0.5, 0.6) is 0 Å². The molecule has 1 N–H and O–H groups in total. The molecule has 6 heteroatoms. The molecule has 0 saturated carbocycles. The quantitative estimate of drug-likeness (QED) is 0.871. The summed E-state index contributed by atoms with van der Waals surface area (Å²) >= 11 is 3.47. The largest absolute Gasteiger partial charge is 0.381 e. The maximum Gasteiger partial charge on any atom is 0.153 e. The van der Waals surface area contributed by atoms with Crippen LogP contribution in [0.1, 0.15) is 32.7 Å². The monoisotopic (exact) mass is 338 g/mol. The molecule has 0 amide bonds. The third-order valence-corrected chi connectivity index (χ3v) is 4.05. The van der Waals surface area contributed by atoms with E-state index < -0.39 is 0 Å². The number of hydrogen-bond donors (Lipinski definition) is 1. The standard InChI is InChI=1S/C14H19BrN4O/c1-9(2)19-8-16-11-7-12(15)18-14(13(11)19)17-10-3-5-20-6-4-10/h7-10H,3-6H2,1-2H3,(H,17,18).